The molecule has 21 heavy (non-hydrogen) atoms. The van der Waals surface area contributed by atoms with E-state index in [0.29, 0.717) is 18.0 Å². The van der Waals surface area contributed by atoms with E-state index in [0.717, 1.165) is 0 Å². The van der Waals surface area contributed by atoms with Gasteiger partial charge in [0.25, 0.3) is 0 Å². The first-order chi connectivity index (χ1) is 9.95. The van der Waals surface area contributed by atoms with Gasteiger partial charge in [0.2, 0.25) is 0 Å². The number of carbonyl (C=O) groups is 2. The highest BCUT2D eigenvalue weighted by Crippen LogP contribution is 2.24. The molecule has 7 nitrogen and oxygen atoms in total. The van der Waals surface area contributed by atoms with Crippen molar-refractivity contribution < 1.29 is 24.2 Å². The Morgan fingerprint density at radius 3 is 2.67 bits per heavy atom. The third-order valence-corrected chi connectivity index (χ3v) is 2.87. The van der Waals surface area contributed by atoms with E-state index in [2.05, 4.69) is 5.32 Å². The molecule has 2 amide bonds. The van der Waals surface area contributed by atoms with Gasteiger partial charge in [0.15, 0.2) is 6.61 Å². The molecule has 1 aromatic rings. The van der Waals surface area contributed by atoms with E-state index in [1.807, 2.05) is 6.92 Å². The summed E-state index contributed by atoms with van der Waals surface area (Å²) in [6.07, 6.45) is 0. The summed E-state index contributed by atoms with van der Waals surface area (Å²) in [5, 5.41) is 11.3. The van der Waals surface area contributed by atoms with Gasteiger partial charge in [-0.15, -0.1) is 0 Å². The first kappa shape index (κ1) is 16.8. The topological polar surface area (TPSA) is 88.1 Å². The molecule has 0 bridgehead atoms. The number of anilines is 1. The molecule has 0 saturated carbocycles. The number of carboxylic acids is 1. The van der Waals surface area contributed by atoms with Gasteiger partial charge in [-0.1, -0.05) is 12.1 Å². The van der Waals surface area contributed by atoms with E-state index in [1.54, 1.807) is 38.4 Å². The second-order valence-electron chi connectivity index (χ2n) is 4.52. The van der Waals surface area contributed by atoms with Crippen LogP contribution in [0.1, 0.15) is 6.92 Å². The van der Waals surface area contributed by atoms with Crippen molar-refractivity contribution in [1.29, 1.82) is 0 Å². The number of methoxy groups -OCH3 is 1. The van der Waals surface area contributed by atoms with Gasteiger partial charge in [0, 0.05) is 14.2 Å². The Labute approximate surface area is 123 Å². The van der Waals surface area contributed by atoms with E-state index >= 15 is 0 Å². The maximum Gasteiger partial charge on any atom is 0.341 e. The Kier molecular flexibility index (Phi) is 6.48. The third kappa shape index (κ3) is 5.31. The molecule has 0 radical (unpaired) electrons. The number of urea groups is 1. The van der Waals surface area contributed by atoms with Crippen molar-refractivity contribution in [2.24, 2.45) is 0 Å². The Bertz CT molecular complexity index is 492. The van der Waals surface area contributed by atoms with E-state index in [9.17, 15) is 9.59 Å². The second kappa shape index (κ2) is 8.11. The fourth-order valence-corrected chi connectivity index (χ4v) is 1.59. The predicted octanol–water partition coefficient (Wildman–Crippen LogP) is 1.65. The molecule has 0 aromatic heterocycles. The number of nitrogens with one attached hydrogen (secondary N) is 1. The quantitative estimate of drug-likeness (QED) is 0.798. The van der Waals surface area contributed by atoms with Crippen molar-refractivity contribution in [1.82, 2.24) is 4.90 Å². The first-order valence-corrected chi connectivity index (χ1v) is 6.42. The lowest BCUT2D eigenvalue weighted by Crippen LogP contribution is -2.40. The molecule has 0 aliphatic carbocycles. The third-order valence-electron chi connectivity index (χ3n) is 2.87. The molecule has 0 saturated heterocycles. The summed E-state index contributed by atoms with van der Waals surface area (Å²) in [7, 11) is 3.22. The van der Waals surface area contributed by atoms with Crippen LogP contribution in [0.4, 0.5) is 10.5 Å². The SMILES string of the molecule is COCC(C)N(C)C(=O)Nc1ccccc1OCC(=O)O. The van der Waals surface area contributed by atoms with Crippen molar-refractivity contribution in [3.8, 4) is 5.75 Å². The van der Waals surface area contributed by atoms with Gasteiger partial charge in [-0.05, 0) is 19.1 Å². The maximum atomic E-state index is 12.1. The largest absolute Gasteiger partial charge is 0.480 e. The molecule has 2 N–H and O–H groups in total. The van der Waals surface area contributed by atoms with Crippen molar-refractivity contribution >= 4 is 17.7 Å². The molecular weight excluding hydrogens is 276 g/mol. The standard InChI is InChI=1S/C14H20N2O5/c1-10(8-20-3)16(2)14(19)15-11-6-4-5-7-12(11)21-9-13(17)18/h4-7,10H,8-9H2,1-3H3,(H,15,19)(H,17,18). The number of amides is 2. The van der Waals surface area contributed by atoms with Gasteiger partial charge >= 0.3 is 12.0 Å². The van der Waals surface area contributed by atoms with Crippen molar-refractivity contribution in [2.75, 3.05) is 32.7 Å². The minimum atomic E-state index is -1.08. The Hall–Kier alpha value is -2.28. The molecule has 116 valence electrons. The monoisotopic (exact) mass is 296 g/mol. The van der Waals surface area contributed by atoms with Crippen molar-refractivity contribution in [2.45, 2.75) is 13.0 Å². The van der Waals surface area contributed by atoms with Crippen LogP contribution in [-0.2, 0) is 9.53 Å². The number of likely N-dealkylation sites (N-methyl/N-ethyl adjacent to an activating group) is 1. The van der Waals surface area contributed by atoms with Crippen LogP contribution in [-0.4, -0.2) is 55.4 Å². The molecule has 1 atom stereocenters. The van der Waals surface area contributed by atoms with Crippen LogP contribution in [0.3, 0.4) is 0 Å². The number of nitrogens with zero attached hydrogens (tertiary/aromatic N) is 1. The molecule has 1 unspecified atom stereocenters. The predicted molar refractivity (Wildman–Crippen MR) is 77.7 cm³/mol. The zero-order valence-corrected chi connectivity index (χ0v) is 12.3. The number of aliphatic carboxylic acids is 1. The lowest BCUT2D eigenvalue weighted by atomic mass is 10.3. The van der Waals surface area contributed by atoms with Gasteiger partial charge < -0.3 is 24.8 Å². The average molecular weight is 296 g/mol. The number of ether oxygens (including phenoxy) is 2. The summed E-state index contributed by atoms with van der Waals surface area (Å²) in [5.41, 5.74) is 0.417. The van der Waals surface area contributed by atoms with Crippen LogP contribution in [0.25, 0.3) is 0 Å². The number of para-hydroxylation sites is 2. The van der Waals surface area contributed by atoms with Crippen LogP contribution in [0.2, 0.25) is 0 Å². The van der Waals surface area contributed by atoms with Crippen molar-refractivity contribution in [3.05, 3.63) is 24.3 Å². The zero-order valence-electron chi connectivity index (χ0n) is 12.3. The van der Waals surface area contributed by atoms with Gasteiger partial charge in [-0.25, -0.2) is 9.59 Å². The van der Waals surface area contributed by atoms with E-state index in [1.165, 1.54) is 4.90 Å². The van der Waals surface area contributed by atoms with E-state index in [-0.39, 0.29) is 12.1 Å². The summed E-state index contributed by atoms with van der Waals surface area (Å²) in [6.45, 7) is 1.81. The second-order valence-corrected chi connectivity index (χ2v) is 4.52. The first-order valence-electron chi connectivity index (χ1n) is 6.42. The highest BCUT2D eigenvalue weighted by Gasteiger charge is 2.17. The molecule has 0 aliphatic rings. The highest BCUT2D eigenvalue weighted by atomic mass is 16.5. The fraction of sp³-hybridized carbons (Fsp3) is 0.429. The van der Waals surface area contributed by atoms with Gasteiger partial charge in [0.1, 0.15) is 5.75 Å². The Morgan fingerprint density at radius 1 is 1.38 bits per heavy atom. The van der Waals surface area contributed by atoms with Crippen LogP contribution < -0.4 is 10.1 Å². The summed E-state index contributed by atoms with van der Waals surface area (Å²) in [4.78, 5) is 24.1. The minimum absolute atomic E-state index is 0.0953. The summed E-state index contributed by atoms with van der Waals surface area (Å²) >= 11 is 0. The number of carboxylic acid groups (broad SMARTS) is 1. The van der Waals surface area contributed by atoms with Gasteiger partial charge in [0.05, 0.1) is 18.3 Å². The summed E-state index contributed by atoms with van der Waals surface area (Å²) < 4.78 is 10.1. The Morgan fingerprint density at radius 2 is 2.05 bits per heavy atom. The number of hydrogen-bond donors (Lipinski definition) is 2. The van der Waals surface area contributed by atoms with Crippen LogP contribution in [0.5, 0.6) is 5.75 Å². The number of hydrogen-bond acceptors (Lipinski definition) is 4. The number of rotatable bonds is 7. The molecule has 0 spiro atoms. The van der Waals surface area contributed by atoms with Gasteiger partial charge in [-0.3, -0.25) is 0 Å². The zero-order chi connectivity index (χ0) is 15.8. The van der Waals surface area contributed by atoms with Crippen LogP contribution in [0.15, 0.2) is 24.3 Å². The lowest BCUT2D eigenvalue weighted by Gasteiger charge is -2.25. The maximum absolute atomic E-state index is 12.1. The Balaban J connectivity index is 2.73. The molecule has 0 aliphatic heterocycles. The molecule has 1 rings (SSSR count). The normalized spacial score (nSPS) is 11.6. The smallest absolute Gasteiger partial charge is 0.341 e. The fourth-order valence-electron chi connectivity index (χ4n) is 1.59. The molecular formula is C14H20N2O5. The van der Waals surface area contributed by atoms with Crippen molar-refractivity contribution in [3.63, 3.8) is 0 Å². The van der Waals surface area contributed by atoms with Crippen LogP contribution in [0, 0.1) is 0 Å². The molecule has 0 fully saturated rings. The minimum Gasteiger partial charge on any atom is -0.480 e. The highest BCUT2D eigenvalue weighted by molar-refractivity contribution is 5.91. The summed E-state index contributed by atoms with van der Waals surface area (Å²) in [5.74, 6) is -0.775. The molecule has 1 aromatic carbocycles. The average Bonchev–Trinajstić information content (AvgIpc) is 2.45. The summed E-state index contributed by atoms with van der Waals surface area (Å²) in [6, 6.07) is 6.24. The van der Waals surface area contributed by atoms with Crippen LogP contribution >= 0.6 is 0 Å². The van der Waals surface area contributed by atoms with E-state index < -0.39 is 12.6 Å². The molecule has 7 heteroatoms. The van der Waals surface area contributed by atoms with Gasteiger partial charge in [-0.2, -0.15) is 0 Å². The lowest BCUT2D eigenvalue weighted by molar-refractivity contribution is -0.139. The number of benzene rings is 1. The molecule has 0 heterocycles. The van der Waals surface area contributed by atoms with E-state index in [4.69, 9.17) is 14.6 Å². The number of carbonyl (C=O) groups excluding carboxylic acids is 1.